The minimum atomic E-state index is -4.96. The monoisotopic (exact) mass is 1180 g/mol. The fourth-order valence-electron chi connectivity index (χ4n) is 5.06. The van der Waals surface area contributed by atoms with Crippen molar-refractivity contribution >= 4 is 47.6 Å². The first kappa shape index (κ1) is 88.1. The first-order valence-corrected chi connectivity index (χ1v) is 29.5. The van der Waals surface area contributed by atoms with E-state index < -0.39 is 35.9 Å². The third-order valence-corrected chi connectivity index (χ3v) is 13.5. The molecule has 3 N–H and O–H groups in total. The van der Waals surface area contributed by atoms with Crippen molar-refractivity contribution in [2.45, 2.75) is 148 Å². The standard InChI is InChI=1S/C20H38N2O5.C15H32N2O4S.C9H18O3.C8H17O6P.2Na/c1-6-20(4,5)19(24)22-10-8-12-26-14-16-27-15-13-25-11-7-9-21-18(23)17(2)3;1-6-15(2,3)14(18)16-10-9-12-17(4,5)11-7-8-13-22(19,20)21;1-5-9(2,3)8(10)12-7-6-11-4;1-4-8(2,3)7(9)13-5-6-14-15(10,11)12;;/h2,6-16H2,1,3-5H3,(H,21,23)(H,22,24);6-13H2,1-5H3,(H-,16,18,19,20,21);5-7H2,1-4H3;4-6H2,1-3H3,(H2,10,11,12);;/q;;;;2*+1/p-2. The first-order chi connectivity index (χ1) is 34.9. The van der Waals surface area contributed by atoms with Gasteiger partial charge in [-0.2, -0.15) is 0 Å². The number of nitrogens with one attached hydrogen (secondary N) is 3. The second kappa shape index (κ2) is 48.3. The van der Waals surface area contributed by atoms with Gasteiger partial charge in [0.25, 0.3) is 0 Å². The molecule has 0 aliphatic heterocycles. The Labute approximate surface area is 514 Å². The van der Waals surface area contributed by atoms with Gasteiger partial charge in [-0.3, -0.25) is 24.0 Å². The van der Waals surface area contributed by atoms with Gasteiger partial charge in [0.1, 0.15) is 13.2 Å². The number of hydrogen-bond acceptors (Lipinski definition) is 18. The zero-order valence-electron chi connectivity index (χ0n) is 51.5. The van der Waals surface area contributed by atoms with E-state index in [0.717, 1.165) is 56.1 Å². The summed E-state index contributed by atoms with van der Waals surface area (Å²) < 4.78 is 77.1. The number of carbonyl (C=O) groups is 5. The Morgan fingerprint density at radius 2 is 0.910 bits per heavy atom. The molecule has 0 radical (unpaired) electrons. The van der Waals surface area contributed by atoms with Crippen LogP contribution in [0.3, 0.4) is 0 Å². The van der Waals surface area contributed by atoms with Crippen LogP contribution in [0, 0.1) is 21.7 Å². The molecule has 3 amide bonds. The van der Waals surface area contributed by atoms with Crippen LogP contribution in [0.5, 0.6) is 0 Å². The van der Waals surface area contributed by atoms with Gasteiger partial charge in [0.2, 0.25) is 17.7 Å². The van der Waals surface area contributed by atoms with Gasteiger partial charge in [-0.1, -0.05) is 62.0 Å². The second-order valence-corrected chi connectivity index (χ2v) is 24.0. The predicted octanol–water partition coefficient (Wildman–Crippen LogP) is -1.18. The Bertz CT molecular complexity index is 1790. The molecule has 26 heteroatoms. The molecule has 452 valence electrons. The molecule has 0 aromatic carbocycles. The molecular weight excluding hydrogens is 1080 g/mol. The van der Waals surface area contributed by atoms with Gasteiger partial charge in [-0.15, -0.1) is 0 Å². The topological polar surface area (TPSA) is 306 Å². The fraction of sp³-hybridized carbons (Fsp3) is 0.865. The fourth-order valence-corrected chi connectivity index (χ4v) is 5.92. The number of esters is 2. The number of phosphoric ester groups is 1. The molecule has 0 aliphatic rings. The average molecular weight is 1180 g/mol. The Kier molecular flexibility index (Phi) is 54.6. The van der Waals surface area contributed by atoms with Crippen LogP contribution in [0.4, 0.5) is 0 Å². The Hall–Kier alpha value is -1.09. The number of phosphoric acid groups is 1. The first-order valence-electron chi connectivity index (χ1n) is 26.4. The number of carbonyl (C=O) groups excluding carboxylic acids is 5. The number of ether oxygens (including phenoxy) is 6. The SMILES string of the molecule is C=C(C)C(=O)NCCCOCCOCCOCCCNC(=O)C(C)(C)CC.CCC(C)(C)C(=O)NCCC[N+](C)(C)CCCCS(=O)(=O)[O-].CCC(C)(C)C(=O)OCCOC.CCC(C)(C)C(=O)OCCOP(=O)([O-])[O-].[Na+].[Na+]. The summed E-state index contributed by atoms with van der Waals surface area (Å²) in [6, 6.07) is 0. The molecule has 0 bridgehead atoms. The molecule has 0 unspecified atom stereocenters. The van der Waals surface area contributed by atoms with Gasteiger partial charge >= 0.3 is 71.1 Å². The van der Waals surface area contributed by atoms with E-state index in [4.69, 9.17) is 28.4 Å². The minimum Gasteiger partial charge on any atom is -0.790 e. The number of nitrogens with zero attached hydrogens (tertiary/aromatic N) is 1. The quantitative estimate of drug-likeness (QED) is 0.0124. The van der Waals surface area contributed by atoms with Crippen LogP contribution in [0.2, 0.25) is 0 Å². The van der Waals surface area contributed by atoms with Crippen molar-refractivity contribution in [1.29, 1.82) is 0 Å². The van der Waals surface area contributed by atoms with E-state index in [1.54, 1.807) is 27.9 Å². The summed E-state index contributed by atoms with van der Waals surface area (Å²) in [5.74, 6) is -0.824. The van der Waals surface area contributed by atoms with Crippen molar-refractivity contribution in [1.82, 2.24) is 16.0 Å². The molecule has 0 fully saturated rings. The van der Waals surface area contributed by atoms with Crippen molar-refractivity contribution in [2.24, 2.45) is 21.7 Å². The molecule has 0 aliphatic carbocycles. The predicted molar refractivity (Wildman–Crippen MR) is 289 cm³/mol. The van der Waals surface area contributed by atoms with E-state index in [0.29, 0.717) is 97.3 Å². The van der Waals surface area contributed by atoms with Crippen LogP contribution in [0.15, 0.2) is 12.2 Å². The maximum atomic E-state index is 11.9. The number of hydrogen-bond donors (Lipinski definition) is 3. The maximum Gasteiger partial charge on any atom is 1.00 e. The van der Waals surface area contributed by atoms with Crippen LogP contribution in [-0.2, 0) is 71.6 Å². The van der Waals surface area contributed by atoms with Crippen molar-refractivity contribution in [3.8, 4) is 0 Å². The van der Waals surface area contributed by atoms with Crippen LogP contribution in [-0.4, -0.2) is 173 Å². The van der Waals surface area contributed by atoms with Gasteiger partial charge in [0.05, 0.1) is 95.6 Å². The Morgan fingerprint density at radius 3 is 1.27 bits per heavy atom. The molecule has 0 heterocycles. The molecule has 0 aromatic rings. The normalized spacial score (nSPS) is 11.8. The van der Waals surface area contributed by atoms with Crippen molar-refractivity contribution in [3.63, 3.8) is 0 Å². The van der Waals surface area contributed by atoms with Gasteiger partial charge in [-0.05, 0) is 86.0 Å². The maximum absolute atomic E-state index is 11.9. The van der Waals surface area contributed by atoms with Crippen molar-refractivity contribution < 1.29 is 148 Å². The summed E-state index contributed by atoms with van der Waals surface area (Å²) in [6.45, 7) is 35.0. The van der Waals surface area contributed by atoms with Gasteiger partial charge in [0.15, 0.2) is 0 Å². The minimum absolute atomic E-state index is 0. The smallest absolute Gasteiger partial charge is 0.790 e. The second-order valence-electron chi connectivity index (χ2n) is 21.3. The molecule has 0 spiro atoms. The van der Waals surface area contributed by atoms with Crippen LogP contribution in [0.1, 0.15) is 148 Å². The largest absolute Gasteiger partial charge is 1.00 e. The molecular formula is C52H103N4Na2O18PS. The summed E-state index contributed by atoms with van der Waals surface area (Å²) in [5.41, 5.74) is -1.10. The molecule has 0 aromatic heterocycles. The number of unbranched alkanes of at least 4 members (excludes halogenated alkanes) is 1. The molecule has 0 atom stereocenters. The van der Waals surface area contributed by atoms with E-state index in [-0.39, 0.29) is 111 Å². The summed E-state index contributed by atoms with van der Waals surface area (Å²) in [7, 11) is -3.33. The van der Waals surface area contributed by atoms with E-state index in [9.17, 15) is 51.3 Å². The van der Waals surface area contributed by atoms with Crippen molar-refractivity contribution in [3.05, 3.63) is 12.2 Å². The van der Waals surface area contributed by atoms with Crippen LogP contribution in [0.25, 0.3) is 0 Å². The molecule has 0 rings (SSSR count). The van der Waals surface area contributed by atoms with Gasteiger partial charge in [0, 0.05) is 68.5 Å². The van der Waals surface area contributed by atoms with Crippen LogP contribution < -0.4 is 84.9 Å². The van der Waals surface area contributed by atoms with Crippen molar-refractivity contribution in [2.75, 3.05) is 126 Å². The summed E-state index contributed by atoms with van der Waals surface area (Å²) in [6.07, 6.45) is 6.57. The van der Waals surface area contributed by atoms with E-state index in [1.165, 1.54) is 0 Å². The number of amides is 3. The Morgan fingerprint density at radius 1 is 0.551 bits per heavy atom. The number of rotatable bonds is 39. The van der Waals surface area contributed by atoms with E-state index in [1.807, 2.05) is 69.2 Å². The van der Waals surface area contributed by atoms with E-state index >= 15 is 0 Å². The number of methoxy groups -OCH3 is 1. The van der Waals surface area contributed by atoms with E-state index in [2.05, 4.69) is 41.1 Å². The molecule has 0 saturated heterocycles. The van der Waals surface area contributed by atoms with Crippen LogP contribution >= 0.6 is 7.82 Å². The third-order valence-electron chi connectivity index (χ3n) is 12.2. The zero-order valence-corrected chi connectivity index (χ0v) is 57.2. The number of quaternary nitrogens is 1. The average Bonchev–Trinajstić information content (AvgIpc) is 3.33. The summed E-state index contributed by atoms with van der Waals surface area (Å²) >= 11 is 0. The third kappa shape index (κ3) is 54.2. The van der Waals surface area contributed by atoms with Gasteiger partial charge < -0.3 is 72.3 Å². The van der Waals surface area contributed by atoms with Gasteiger partial charge in [-0.25, -0.2) is 8.42 Å². The Balaban J connectivity index is -0.000000229. The summed E-state index contributed by atoms with van der Waals surface area (Å²) in [5, 5.41) is 8.64. The molecule has 22 nitrogen and oxygen atoms in total. The summed E-state index contributed by atoms with van der Waals surface area (Å²) in [4.78, 5) is 77.7. The molecule has 78 heavy (non-hydrogen) atoms. The zero-order chi connectivity index (χ0) is 59.7. The molecule has 0 saturated carbocycles.